The highest BCUT2D eigenvalue weighted by molar-refractivity contribution is 5.90. The molecule has 0 bridgehead atoms. The molecule has 0 unspecified atom stereocenters. The first-order chi connectivity index (χ1) is 10.2. The Morgan fingerprint density at radius 1 is 1.05 bits per heavy atom. The van der Waals surface area contributed by atoms with Crippen LogP contribution in [0.25, 0.3) is 6.08 Å². The van der Waals surface area contributed by atoms with Crippen LogP contribution in [0.3, 0.4) is 0 Å². The van der Waals surface area contributed by atoms with Crippen LogP contribution >= 0.6 is 0 Å². The molecule has 0 aromatic heterocycles. The van der Waals surface area contributed by atoms with E-state index in [4.69, 9.17) is 9.47 Å². The van der Waals surface area contributed by atoms with Gasteiger partial charge in [0.25, 0.3) is 0 Å². The number of para-hydroxylation sites is 1. The minimum absolute atomic E-state index is 0.134. The van der Waals surface area contributed by atoms with Gasteiger partial charge in [-0.25, -0.2) is 4.79 Å². The van der Waals surface area contributed by atoms with E-state index in [0.29, 0.717) is 12.4 Å². The highest BCUT2D eigenvalue weighted by Crippen LogP contribution is 2.17. The van der Waals surface area contributed by atoms with Gasteiger partial charge < -0.3 is 14.6 Å². The molecule has 0 atom stereocenters. The fourth-order valence-electron chi connectivity index (χ4n) is 1.73. The van der Waals surface area contributed by atoms with E-state index in [9.17, 15) is 9.90 Å². The summed E-state index contributed by atoms with van der Waals surface area (Å²) in [6.45, 7) is 2.50. The number of aliphatic carboxylic acids is 1. The molecule has 2 rings (SSSR count). The summed E-state index contributed by atoms with van der Waals surface area (Å²) < 4.78 is 10.7. The second kappa shape index (κ2) is 7.14. The summed E-state index contributed by atoms with van der Waals surface area (Å²) in [5.41, 5.74) is 0.729. The zero-order valence-corrected chi connectivity index (χ0v) is 11.7. The summed E-state index contributed by atoms with van der Waals surface area (Å²) in [5, 5.41) is 9.22. The van der Waals surface area contributed by atoms with Crippen molar-refractivity contribution in [3.05, 3.63) is 65.9 Å². The molecule has 0 heterocycles. The van der Waals surface area contributed by atoms with E-state index >= 15 is 0 Å². The Bertz CT molecular complexity index is 615. The molecule has 2 aromatic rings. The Hall–Kier alpha value is -2.75. The Morgan fingerprint density at radius 2 is 1.71 bits per heavy atom. The van der Waals surface area contributed by atoms with Gasteiger partial charge in [-0.1, -0.05) is 30.3 Å². The van der Waals surface area contributed by atoms with Crippen LogP contribution in [0.4, 0.5) is 0 Å². The monoisotopic (exact) mass is 284 g/mol. The van der Waals surface area contributed by atoms with Gasteiger partial charge >= 0.3 is 5.97 Å². The summed E-state index contributed by atoms with van der Waals surface area (Å²) in [7, 11) is 0. The van der Waals surface area contributed by atoms with Crippen molar-refractivity contribution >= 4 is 12.0 Å². The van der Waals surface area contributed by atoms with Crippen LogP contribution in [0.5, 0.6) is 11.5 Å². The molecular weight excluding hydrogens is 268 g/mol. The minimum Gasteiger partial charge on any atom is -0.494 e. The van der Waals surface area contributed by atoms with Crippen LogP contribution in [0.15, 0.2) is 60.4 Å². The van der Waals surface area contributed by atoms with E-state index in [1.165, 1.54) is 6.08 Å². The molecule has 1 N–H and O–H groups in total. The first kappa shape index (κ1) is 14.7. The average Bonchev–Trinajstić information content (AvgIpc) is 2.50. The molecule has 0 aliphatic heterocycles. The SMILES string of the molecule is CCOc1ccc(C=C(Oc2ccccc2)C(=O)O)cc1. The van der Waals surface area contributed by atoms with E-state index in [1.54, 1.807) is 48.5 Å². The van der Waals surface area contributed by atoms with Crippen LogP contribution in [0, 0.1) is 0 Å². The molecule has 0 aliphatic rings. The van der Waals surface area contributed by atoms with Crippen molar-refractivity contribution in [2.45, 2.75) is 6.92 Å². The van der Waals surface area contributed by atoms with Gasteiger partial charge in [0.1, 0.15) is 11.5 Å². The Kier molecular flexibility index (Phi) is 4.99. The largest absolute Gasteiger partial charge is 0.494 e. The van der Waals surface area contributed by atoms with Crippen molar-refractivity contribution in [1.82, 2.24) is 0 Å². The van der Waals surface area contributed by atoms with Crippen molar-refractivity contribution in [1.29, 1.82) is 0 Å². The van der Waals surface area contributed by atoms with Gasteiger partial charge in [0, 0.05) is 0 Å². The third kappa shape index (κ3) is 4.38. The van der Waals surface area contributed by atoms with Crippen LogP contribution in [-0.2, 0) is 4.79 Å². The zero-order valence-electron chi connectivity index (χ0n) is 11.7. The van der Waals surface area contributed by atoms with Crippen molar-refractivity contribution in [3.8, 4) is 11.5 Å². The van der Waals surface area contributed by atoms with Crippen LogP contribution in [-0.4, -0.2) is 17.7 Å². The lowest BCUT2D eigenvalue weighted by Gasteiger charge is -2.07. The number of ether oxygens (including phenoxy) is 2. The predicted octanol–water partition coefficient (Wildman–Crippen LogP) is 3.59. The van der Waals surface area contributed by atoms with Gasteiger partial charge in [0.15, 0.2) is 0 Å². The molecule has 0 radical (unpaired) electrons. The van der Waals surface area contributed by atoms with Crippen molar-refractivity contribution < 1.29 is 19.4 Å². The van der Waals surface area contributed by atoms with Gasteiger partial charge in [-0.3, -0.25) is 0 Å². The number of carboxylic acids is 1. The highest BCUT2D eigenvalue weighted by atomic mass is 16.5. The Balaban J connectivity index is 2.19. The molecule has 108 valence electrons. The molecule has 4 nitrogen and oxygen atoms in total. The second-order valence-electron chi connectivity index (χ2n) is 4.23. The average molecular weight is 284 g/mol. The third-order valence-corrected chi connectivity index (χ3v) is 2.67. The molecule has 0 saturated heterocycles. The summed E-state index contributed by atoms with van der Waals surface area (Å²) in [4.78, 5) is 11.3. The summed E-state index contributed by atoms with van der Waals surface area (Å²) in [6, 6.07) is 15.9. The predicted molar refractivity (Wildman–Crippen MR) is 80.3 cm³/mol. The van der Waals surface area contributed by atoms with E-state index in [0.717, 1.165) is 11.3 Å². The standard InChI is InChI=1S/C17H16O4/c1-2-20-14-10-8-13(9-11-14)12-16(17(18)19)21-15-6-4-3-5-7-15/h3-12H,2H2,1H3,(H,18,19). The molecule has 0 fully saturated rings. The summed E-state index contributed by atoms with van der Waals surface area (Å²) in [5.74, 6) is -0.0225. The normalized spacial score (nSPS) is 11.0. The molecular formula is C17H16O4. The molecule has 21 heavy (non-hydrogen) atoms. The molecule has 0 spiro atoms. The Labute approximate surface area is 123 Å². The van der Waals surface area contributed by atoms with Gasteiger partial charge in [-0.2, -0.15) is 0 Å². The van der Waals surface area contributed by atoms with Crippen molar-refractivity contribution in [2.75, 3.05) is 6.61 Å². The molecule has 4 heteroatoms. The Morgan fingerprint density at radius 3 is 2.29 bits per heavy atom. The van der Waals surface area contributed by atoms with Crippen molar-refractivity contribution in [2.24, 2.45) is 0 Å². The van der Waals surface area contributed by atoms with Crippen molar-refractivity contribution in [3.63, 3.8) is 0 Å². The smallest absolute Gasteiger partial charge is 0.371 e. The third-order valence-electron chi connectivity index (χ3n) is 2.67. The van der Waals surface area contributed by atoms with Gasteiger partial charge in [-0.15, -0.1) is 0 Å². The summed E-state index contributed by atoms with van der Waals surface area (Å²) >= 11 is 0. The number of carbonyl (C=O) groups is 1. The van der Waals surface area contributed by atoms with Gasteiger partial charge in [-0.05, 0) is 42.8 Å². The van der Waals surface area contributed by atoms with Crippen LogP contribution in [0.1, 0.15) is 12.5 Å². The number of hydrogen-bond acceptors (Lipinski definition) is 3. The lowest BCUT2D eigenvalue weighted by molar-refractivity contribution is -0.134. The maximum absolute atomic E-state index is 11.3. The minimum atomic E-state index is -1.12. The maximum atomic E-state index is 11.3. The van der Waals surface area contributed by atoms with Crippen LogP contribution < -0.4 is 9.47 Å². The molecule has 0 amide bonds. The fourth-order valence-corrected chi connectivity index (χ4v) is 1.73. The molecule has 0 aliphatic carbocycles. The molecule has 0 saturated carbocycles. The lowest BCUT2D eigenvalue weighted by atomic mass is 10.2. The number of rotatable bonds is 6. The van der Waals surface area contributed by atoms with Gasteiger partial charge in [0.05, 0.1) is 6.61 Å². The van der Waals surface area contributed by atoms with E-state index in [-0.39, 0.29) is 5.76 Å². The molecule has 2 aromatic carbocycles. The maximum Gasteiger partial charge on any atom is 0.371 e. The van der Waals surface area contributed by atoms with E-state index < -0.39 is 5.97 Å². The first-order valence-corrected chi connectivity index (χ1v) is 6.60. The van der Waals surface area contributed by atoms with Crippen LogP contribution in [0.2, 0.25) is 0 Å². The lowest BCUT2D eigenvalue weighted by Crippen LogP contribution is -2.07. The first-order valence-electron chi connectivity index (χ1n) is 6.60. The number of carboxylic acid groups (broad SMARTS) is 1. The van der Waals surface area contributed by atoms with E-state index in [2.05, 4.69) is 0 Å². The zero-order chi connectivity index (χ0) is 15.1. The quantitative estimate of drug-likeness (QED) is 0.650. The summed E-state index contributed by atoms with van der Waals surface area (Å²) in [6.07, 6.45) is 1.48. The topological polar surface area (TPSA) is 55.8 Å². The number of benzene rings is 2. The van der Waals surface area contributed by atoms with E-state index in [1.807, 2.05) is 13.0 Å². The number of hydrogen-bond donors (Lipinski definition) is 1. The second-order valence-corrected chi connectivity index (χ2v) is 4.23. The van der Waals surface area contributed by atoms with Gasteiger partial charge in [0.2, 0.25) is 5.76 Å². The highest BCUT2D eigenvalue weighted by Gasteiger charge is 2.10. The fraction of sp³-hybridized carbons (Fsp3) is 0.118.